The summed E-state index contributed by atoms with van der Waals surface area (Å²) in [4.78, 5) is 9.00. The van der Waals surface area contributed by atoms with Gasteiger partial charge in [-0.2, -0.15) is 0 Å². The van der Waals surface area contributed by atoms with Gasteiger partial charge in [-0.1, -0.05) is 12.1 Å². The van der Waals surface area contributed by atoms with Crippen LogP contribution in [0.5, 0.6) is 0 Å². The van der Waals surface area contributed by atoms with Crippen molar-refractivity contribution in [3.63, 3.8) is 0 Å². The quantitative estimate of drug-likeness (QED) is 0.690. The summed E-state index contributed by atoms with van der Waals surface area (Å²) in [6, 6.07) is 8.32. The molecule has 0 spiro atoms. The van der Waals surface area contributed by atoms with Gasteiger partial charge in [-0.25, -0.2) is 4.98 Å². The van der Waals surface area contributed by atoms with E-state index in [1.54, 1.807) is 6.20 Å². The van der Waals surface area contributed by atoms with Crippen molar-refractivity contribution in [1.82, 2.24) is 9.88 Å². The van der Waals surface area contributed by atoms with Crippen LogP contribution in [0.15, 0.2) is 47.3 Å². The topological polar surface area (TPSA) is 32.5 Å². The van der Waals surface area contributed by atoms with Crippen LogP contribution in [0.4, 0.5) is 5.69 Å². The second kappa shape index (κ2) is 4.75. The van der Waals surface area contributed by atoms with Crippen LogP contribution in [0.2, 0.25) is 0 Å². The number of anilines is 1. The number of aryl methyl sites for hydroxylation is 1. The highest BCUT2D eigenvalue weighted by Gasteiger charge is 2.36. The molecule has 0 aliphatic carbocycles. The molecule has 1 aliphatic rings. The molecule has 1 aromatic carbocycles. The van der Waals surface area contributed by atoms with Crippen molar-refractivity contribution in [2.24, 2.45) is 0 Å². The largest absolute Gasteiger partial charge is 0.435 e. The van der Waals surface area contributed by atoms with Gasteiger partial charge in [0.2, 0.25) is 5.71 Å². The van der Waals surface area contributed by atoms with Gasteiger partial charge in [-0.15, -0.1) is 0 Å². The van der Waals surface area contributed by atoms with Crippen LogP contribution in [0.3, 0.4) is 0 Å². The van der Waals surface area contributed by atoms with E-state index in [2.05, 4.69) is 73.1 Å². The van der Waals surface area contributed by atoms with Crippen LogP contribution < -0.4 is 4.90 Å². The highest BCUT2D eigenvalue weighted by molar-refractivity contribution is 6.08. The molecule has 4 rings (SSSR count). The molecule has 0 N–H and O–H groups in total. The summed E-state index contributed by atoms with van der Waals surface area (Å²) in [6.45, 7) is 9.74. The zero-order valence-corrected chi connectivity index (χ0v) is 14.0. The predicted molar refractivity (Wildman–Crippen MR) is 94.3 cm³/mol. The zero-order valence-electron chi connectivity index (χ0n) is 14.0. The Hall–Kier alpha value is -2.49. The average molecular weight is 307 g/mol. The van der Waals surface area contributed by atoms with Gasteiger partial charge in [-0.3, -0.25) is 0 Å². The molecule has 0 amide bonds. The third kappa shape index (κ3) is 1.87. The zero-order chi connectivity index (χ0) is 16.2. The van der Waals surface area contributed by atoms with Crippen LogP contribution >= 0.6 is 0 Å². The van der Waals surface area contributed by atoms with Crippen molar-refractivity contribution in [3.05, 3.63) is 48.4 Å². The Kier molecular flexibility index (Phi) is 2.92. The molecular weight excluding hydrogens is 286 g/mol. The molecule has 1 aliphatic heterocycles. The lowest BCUT2D eigenvalue weighted by atomic mass is 10.1. The van der Waals surface area contributed by atoms with Gasteiger partial charge in [-0.05, 0) is 45.4 Å². The van der Waals surface area contributed by atoms with E-state index in [0.29, 0.717) is 5.71 Å². The molecule has 3 aromatic rings. The predicted octanol–water partition coefficient (Wildman–Crippen LogP) is 4.64. The van der Waals surface area contributed by atoms with Crippen LogP contribution in [0, 0.1) is 6.92 Å². The first-order chi connectivity index (χ1) is 11.0. The monoisotopic (exact) mass is 307 g/mol. The molecule has 0 radical (unpaired) electrons. The molecule has 0 saturated heterocycles. The van der Waals surface area contributed by atoms with E-state index in [9.17, 15) is 0 Å². The van der Waals surface area contributed by atoms with Gasteiger partial charge in [0, 0.05) is 35.9 Å². The Bertz CT molecular complexity index is 923. The Morgan fingerprint density at radius 3 is 2.70 bits per heavy atom. The average Bonchev–Trinajstić information content (AvgIpc) is 3.04. The van der Waals surface area contributed by atoms with Crippen molar-refractivity contribution >= 4 is 27.8 Å². The van der Waals surface area contributed by atoms with Crippen molar-refractivity contribution in [2.75, 3.05) is 11.4 Å². The number of fused-ring (bicyclic) bond motifs is 3. The molecule has 4 nitrogen and oxygen atoms in total. The summed E-state index contributed by atoms with van der Waals surface area (Å²) in [6.07, 6.45) is 6.07. The number of hydrogen-bond acceptors (Lipinski definition) is 4. The maximum atomic E-state index is 6.13. The molecule has 118 valence electrons. The first kappa shape index (κ1) is 14.1. The van der Waals surface area contributed by atoms with Crippen molar-refractivity contribution in [2.45, 2.75) is 33.4 Å². The molecule has 0 saturated carbocycles. The molecule has 3 heterocycles. The maximum absolute atomic E-state index is 6.13. The minimum absolute atomic E-state index is 0.125. The van der Waals surface area contributed by atoms with Gasteiger partial charge in [0.25, 0.3) is 0 Å². The van der Waals surface area contributed by atoms with Crippen molar-refractivity contribution in [3.8, 4) is 0 Å². The molecule has 4 heteroatoms. The van der Waals surface area contributed by atoms with E-state index >= 15 is 0 Å². The van der Waals surface area contributed by atoms with Crippen molar-refractivity contribution in [1.29, 1.82) is 0 Å². The molecule has 0 atom stereocenters. The molecule has 0 fully saturated rings. The fraction of sp³-hybridized carbons (Fsp3) is 0.316. The van der Waals surface area contributed by atoms with E-state index in [4.69, 9.17) is 4.42 Å². The normalized spacial score (nSPS) is 16.9. The number of pyridine rings is 1. The van der Waals surface area contributed by atoms with E-state index in [-0.39, 0.29) is 5.66 Å². The number of furan rings is 1. The van der Waals surface area contributed by atoms with Crippen LogP contribution in [-0.4, -0.2) is 22.1 Å². The molecule has 0 unspecified atom stereocenters. The van der Waals surface area contributed by atoms with Gasteiger partial charge in [0.1, 0.15) is 5.66 Å². The standard InChI is InChI=1S/C19H21N3O/c1-5-21-11-12-22(19(21,3)4)16-13(2)8-9-14-15-7-6-10-20-18(15)23-17(14)16/h6-12H,5H2,1-4H3. The first-order valence-electron chi connectivity index (χ1n) is 8.05. The van der Waals surface area contributed by atoms with Crippen molar-refractivity contribution < 1.29 is 4.42 Å². The second-order valence-corrected chi connectivity index (χ2v) is 6.51. The van der Waals surface area contributed by atoms with Crippen LogP contribution in [0.1, 0.15) is 26.3 Å². The molecule has 2 aromatic heterocycles. The fourth-order valence-electron chi connectivity index (χ4n) is 3.55. The van der Waals surface area contributed by atoms with E-state index in [0.717, 1.165) is 28.6 Å². The summed E-state index contributed by atoms with van der Waals surface area (Å²) < 4.78 is 6.13. The van der Waals surface area contributed by atoms with Gasteiger partial charge in [0.15, 0.2) is 5.58 Å². The third-order valence-electron chi connectivity index (χ3n) is 4.86. The summed E-state index contributed by atoms with van der Waals surface area (Å²) in [5.41, 5.74) is 3.81. The molecular formula is C19H21N3O. The summed E-state index contributed by atoms with van der Waals surface area (Å²) in [5.74, 6) is 0. The fourth-order valence-corrected chi connectivity index (χ4v) is 3.55. The third-order valence-corrected chi connectivity index (χ3v) is 4.86. The summed E-state index contributed by atoms with van der Waals surface area (Å²) in [5, 5.41) is 2.19. The molecule has 23 heavy (non-hydrogen) atoms. The van der Waals surface area contributed by atoms with E-state index < -0.39 is 0 Å². The lowest BCUT2D eigenvalue weighted by Gasteiger charge is -2.40. The second-order valence-electron chi connectivity index (χ2n) is 6.51. The summed E-state index contributed by atoms with van der Waals surface area (Å²) >= 11 is 0. The number of hydrogen-bond donors (Lipinski definition) is 0. The SMILES string of the molecule is CCN1C=CN(c2c(C)ccc3c2oc2ncccc23)C1(C)C. The van der Waals surface area contributed by atoms with Crippen LogP contribution in [-0.2, 0) is 0 Å². The highest BCUT2D eigenvalue weighted by atomic mass is 16.3. The number of nitrogens with zero attached hydrogens (tertiary/aromatic N) is 3. The van der Waals surface area contributed by atoms with Crippen LogP contribution in [0.25, 0.3) is 22.1 Å². The van der Waals surface area contributed by atoms with E-state index in [1.807, 2.05) is 6.07 Å². The Labute approximate surface area is 136 Å². The smallest absolute Gasteiger partial charge is 0.227 e. The molecule has 0 bridgehead atoms. The van der Waals surface area contributed by atoms with Gasteiger partial charge >= 0.3 is 0 Å². The minimum Gasteiger partial charge on any atom is -0.435 e. The number of aromatic nitrogens is 1. The summed E-state index contributed by atoms with van der Waals surface area (Å²) in [7, 11) is 0. The Morgan fingerprint density at radius 2 is 1.96 bits per heavy atom. The lowest BCUT2D eigenvalue weighted by Crippen LogP contribution is -2.48. The Balaban J connectivity index is 2.00. The highest BCUT2D eigenvalue weighted by Crippen LogP contribution is 2.41. The Morgan fingerprint density at radius 1 is 1.13 bits per heavy atom. The van der Waals surface area contributed by atoms with E-state index in [1.165, 1.54) is 5.56 Å². The number of rotatable bonds is 2. The maximum Gasteiger partial charge on any atom is 0.227 e. The minimum atomic E-state index is -0.125. The number of benzene rings is 1. The lowest BCUT2D eigenvalue weighted by molar-refractivity contribution is 0.220. The van der Waals surface area contributed by atoms with Gasteiger partial charge < -0.3 is 14.2 Å². The van der Waals surface area contributed by atoms with Gasteiger partial charge in [0.05, 0.1) is 5.69 Å². The first-order valence-corrected chi connectivity index (χ1v) is 8.05.